The number of hydrogen-bond acceptors (Lipinski definition) is 3. The highest BCUT2D eigenvalue weighted by Gasteiger charge is 2.10. The lowest BCUT2D eigenvalue weighted by atomic mass is 10.2. The van der Waals surface area contributed by atoms with Gasteiger partial charge in [0.25, 0.3) is 5.69 Å². The van der Waals surface area contributed by atoms with E-state index in [0.29, 0.717) is 32.9 Å². The van der Waals surface area contributed by atoms with E-state index in [2.05, 4.69) is 5.32 Å². The van der Waals surface area contributed by atoms with Gasteiger partial charge < -0.3 is 5.32 Å². The summed E-state index contributed by atoms with van der Waals surface area (Å²) >= 11 is 18.1. The summed E-state index contributed by atoms with van der Waals surface area (Å²) in [5.41, 5.74) is 1.26. The van der Waals surface area contributed by atoms with Crippen LogP contribution in [0.25, 0.3) is 0 Å². The summed E-state index contributed by atoms with van der Waals surface area (Å²) in [4.78, 5) is 10.2. The van der Waals surface area contributed by atoms with Gasteiger partial charge in [-0.1, -0.05) is 40.9 Å². The summed E-state index contributed by atoms with van der Waals surface area (Å²) < 4.78 is 0. The zero-order valence-electron chi connectivity index (χ0n) is 10.1. The minimum Gasteiger partial charge on any atom is -0.381 e. The van der Waals surface area contributed by atoms with Gasteiger partial charge in [-0.2, -0.15) is 0 Å². The molecule has 0 aliphatic carbocycles. The van der Waals surface area contributed by atoms with Crippen molar-refractivity contribution in [3.05, 3.63) is 67.1 Å². The van der Waals surface area contributed by atoms with Gasteiger partial charge in [0.1, 0.15) is 0 Å². The number of halogens is 3. The Bertz CT molecular complexity index is 662. The van der Waals surface area contributed by atoms with Crippen LogP contribution in [0.1, 0.15) is 5.56 Å². The first-order valence-electron chi connectivity index (χ1n) is 5.59. The van der Waals surface area contributed by atoms with Crippen molar-refractivity contribution in [3.8, 4) is 0 Å². The van der Waals surface area contributed by atoms with Crippen LogP contribution < -0.4 is 5.32 Å². The number of anilines is 1. The number of nitrogens with one attached hydrogen (secondary N) is 1. The summed E-state index contributed by atoms with van der Waals surface area (Å²) in [5, 5.41) is 15.0. The average Bonchev–Trinajstić information content (AvgIpc) is 2.43. The normalized spacial score (nSPS) is 10.3. The maximum Gasteiger partial charge on any atom is 0.271 e. The Labute approximate surface area is 130 Å². The molecule has 0 unspecified atom stereocenters. The average molecular weight is 332 g/mol. The Kier molecular flexibility index (Phi) is 4.70. The molecule has 0 radical (unpaired) electrons. The van der Waals surface area contributed by atoms with Crippen molar-refractivity contribution in [2.75, 3.05) is 5.32 Å². The van der Waals surface area contributed by atoms with E-state index in [1.807, 2.05) is 0 Å². The van der Waals surface area contributed by atoms with Crippen LogP contribution >= 0.6 is 34.8 Å². The molecule has 20 heavy (non-hydrogen) atoms. The standard InChI is InChI=1S/C13H9Cl3N2O2/c14-11-4-5-12(15)13(16)10(11)7-17-8-2-1-3-9(6-8)18(19)20/h1-6,17H,7H2. The maximum absolute atomic E-state index is 10.7. The fourth-order valence-electron chi connectivity index (χ4n) is 1.65. The number of nitro benzene ring substituents is 1. The van der Waals surface area contributed by atoms with Crippen LogP contribution in [0, 0.1) is 10.1 Å². The fraction of sp³-hybridized carbons (Fsp3) is 0.0769. The molecule has 0 atom stereocenters. The van der Waals surface area contributed by atoms with Gasteiger partial charge in [-0.3, -0.25) is 10.1 Å². The highest BCUT2D eigenvalue weighted by molar-refractivity contribution is 6.44. The second kappa shape index (κ2) is 6.31. The first-order valence-corrected chi connectivity index (χ1v) is 6.73. The Morgan fingerprint density at radius 3 is 2.50 bits per heavy atom. The number of nitro groups is 1. The molecule has 0 aliphatic heterocycles. The topological polar surface area (TPSA) is 55.2 Å². The Balaban J connectivity index is 2.19. The van der Waals surface area contributed by atoms with Gasteiger partial charge in [-0.25, -0.2) is 0 Å². The summed E-state index contributed by atoms with van der Waals surface area (Å²) in [6, 6.07) is 9.45. The fourth-order valence-corrected chi connectivity index (χ4v) is 2.33. The zero-order chi connectivity index (χ0) is 14.7. The minimum absolute atomic E-state index is 0.0123. The molecule has 0 saturated carbocycles. The van der Waals surface area contributed by atoms with Crippen molar-refractivity contribution < 1.29 is 4.92 Å². The second-order valence-corrected chi connectivity index (χ2v) is 5.18. The van der Waals surface area contributed by atoms with Gasteiger partial charge >= 0.3 is 0 Å². The van der Waals surface area contributed by atoms with Crippen molar-refractivity contribution in [1.82, 2.24) is 0 Å². The number of non-ortho nitro benzene ring substituents is 1. The SMILES string of the molecule is O=[N+]([O-])c1cccc(NCc2c(Cl)ccc(Cl)c2Cl)c1. The van der Waals surface area contributed by atoms with Gasteiger partial charge in [0.05, 0.1) is 15.0 Å². The van der Waals surface area contributed by atoms with Crippen molar-refractivity contribution in [2.45, 2.75) is 6.54 Å². The Morgan fingerprint density at radius 1 is 1.10 bits per heavy atom. The largest absolute Gasteiger partial charge is 0.381 e. The molecule has 2 aromatic carbocycles. The molecule has 0 bridgehead atoms. The van der Waals surface area contributed by atoms with Crippen molar-refractivity contribution >= 4 is 46.2 Å². The van der Waals surface area contributed by atoms with E-state index >= 15 is 0 Å². The third-order valence-corrected chi connectivity index (χ3v) is 3.86. The Morgan fingerprint density at radius 2 is 1.80 bits per heavy atom. The molecule has 0 heterocycles. The molecule has 0 spiro atoms. The molecular formula is C13H9Cl3N2O2. The maximum atomic E-state index is 10.7. The minimum atomic E-state index is -0.454. The lowest BCUT2D eigenvalue weighted by Crippen LogP contribution is -2.01. The molecule has 0 saturated heterocycles. The van der Waals surface area contributed by atoms with Crippen LogP contribution in [-0.4, -0.2) is 4.92 Å². The van der Waals surface area contributed by atoms with E-state index in [-0.39, 0.29) is 5.69 Å². The van der Waals surface area contributed by atoms with E-state index in [1.54, 1.807) is 24.3 Å². The van der Waals surface area contributed by atoms with E-state index in [9.17, 15) is 10.1 Å². The molecule has 0 aliphatic rings. The van der Waals surface area contributed by atoms with E-state index in [1.165, 1.54) is 12.1 Å². The van der Waals surface area contributed by atoms with E-state index in [0.717, 1.165) is 0 Å². The molecule has 7 heteroatoms. The van der Waals surface area contributed by atoms with Crippen molar-refractivity contribution in [1.29, 1.82) is 0 Å². The zero-order valence-corrected chi connectivity index (χ0v) is 12.3. The third-order valence-electron chi connectivity index (χ3n) is 2.67. The van der Waals surface area contributed by atoms with Gasteiger partial charge in [0.15, 0.2) is 0 Å². The summed E-state index contributed by atoms with van der Waals surface area (Å²) in [7, 11) is 0. The lowest BCUT2D eigenvalue weighted by molar-refractivity contribution is -0.384. The smallest absolute Gasteiger partial charge is 0.271 e. The highest BCUT2D eigenvalue weighted by atomic mass is 35.5. The van der Waals surface area contributed by atoms with Crippen LogP contribution in [0.5, 0.6) is 0 Å². The van der Waals surface area contributed by atoms with E-state index in [4.69, 9.17) is 34.8 Å². The van der Waals surface area contributed by atoms with Crippen LogP contribution in [0.4, 0.5) is 11.4 Å². The predicted octanol–water partition coefficient (Wildman–Crippen LogP) is 5.17. The molecule has 2 aromatic rings. The third kappa shape index (κ3) is 3.33. The van der Waals surface area contributed by atoms with Gasteiger partial charge in [-0.05, 0) is 18.2 Å². The Hall–Kier alpha value is -1.49. The molecule has 0 fully saturated rings. The second-order valence-electron chi connectivity index (χ2n) is 3.98. The van der Waals surface area contributed by atoms with Crippen LogP contribution in [-0.2, 0) is 6.54 Å². The highest BCUT2D eigenvalue weighted by Crippen LogP contribution is 2.32. The molecule has 0 aromatic heterocycles. The van der Waals surface area contributed by atoms with Crippen LogP contribution in [0.15, 0.2) is 36.4 Å². The molecule has 104 valence electrons. The van der Waals surface area contributed by atoms with Crippen molar-refractivity contribution in [3.63, 3.8) is 0 Å². The van der Waals surface area contributed by atoms with Crippen LogP contribution in [0.3, 0.4) is 0 Å². The quantitative estimate of drug-likeness (QED) is 0.478. The number of rotatable bonds is 4. The van der Waals surface area contributed by atoms with Gasteiger partial charge in [-0.15, -0.1) is 0 Å². The lowest BCUT2D eigenvalue weighted by Gasteiger charge is -2.10. The predicted molar refractivity (Wildman–Crippen MR) is 81.9 cm³/mol. The monoisotopic (exact) mass is 330 g/mol. The first-order chi connectivity index (χ1) is 9.49. The molecule has 1 N–H and O–H groups in total. The molecule has 2 rings (SSSR count). The van der Waals surface area contributed by atoms with Crippen molar-refractivity contribution in [2.24, 2.45) is 0 Å². The summed E-state index contributed by atoms with van der Waals surface area (Å²) in [5.74, 6) is 0. The molecule has 4 nitrogen and oxygen atoms in total. The number of hydrogen-bond donors (Lipinski definition) is 1. The van der Waals surface area contributed by atoms with Gasteiger partial charge in [0, 0.05) is 35.0 Å². The van der Waals surface area contributed by atoms with E-state index < -0.39 is 4.92 Å². The molecule has 0 amide bonds. The summed E-state index contributed by atoms with van der Waals surface area (Å²) in [6.07, 6.45) is 0. The number of benzene rings is 2. The van der Waals surface area contributed by atoms with Gasteiger partial charge in [0.2, 0.25) is 0 Å². The molecular weight excluding hydrogens is 323 g/mol. The number of nitrogens with zero attached hydrogens (tertiary/aromatic N) is 1. The first kappa shape index (κ1) is 14.9. The van der Waals surface area contributed by atoms with Crippen LogP contribution in [0.2, 0.25) is 15.1 Å². The summed E-state index contributed by atoms with van der Waals surface area (Å²) in [6.45, 7) is 0.319.